The van der Waals surface area contributed by atoms with Crippen LogP contribution < -0.4 is 0 Å². The summed E-state index contributed by atoms with van der Waals surface area (Å²) in [5.74, 6) is 4.04. The zero-order valence-electron chi connectivity index (χ0n) is 12.9. The van der Waals surface area contributed by atoms with Gasteiger partial charge in [-0.05, 0) is 32.2 Å². The molecule has 0 spiro atoms. The molecule has 0 amide bonds. The molecule has 7 nitrogen and oxygen atoms in total. The van der Waals surface area contributed by atoms with Gasteiger partial charge >= 0.3 is 0 Å². The summed E-state index contributed by atoms with van der Waals surface area (Å²) < 4.78 is 10.6. The SMILES string of the molecule is CCc1nc(CN2CCC[C@@H](c3noc(C4CC4)n3)C2)no1. The summed E-state index contributed by atoms with van der Waals surface area (Å²) in [6, 6.07) is 0. The van der Waals surface area contributed by atoms with Crippen LogP contribution in [0.25, 0.3) is 0 Å². The molecule has 2 aliphatic rings. The minimum absolute atomic E-state index is 0.350. The number of hydrogen-bond acceptors (Lipinski definition) is 7. The van der Waals surface area contributed by atoms with Crippen LogP contribution in [0.4, 0.5) is 0 Å². The Bertz CT molecular complexity index is 633. The van der Waals surface area contributed by atoms with Gasteiger partial charge in [-0.3, -0.25) is 4.90 Å². The van der Waals surface area contributed by atoms with Gasteiger partial charge in [-0.25, -0.2) is 0 Å². The quantitative estimate of drug-likeness (QED) is 0.838. The molecule has 0 aromatic carbocycles. The average molecular weight is 303 g/mol. The minimum atomic E-state index is 0.350. The fourth-order valence-corrected chi connectivity index (χ4v) is 3.02. The second-order valence-electron chi connectivity index (χ2n) is 6.30. The van der Waals surface area contributed by atoms with Gasteiger partial charge in [-0.1, -0.05) is 17.2 Å². The van der Waals surface area contributed by atoms with Crippen molar-refractivity contribution in [2.75, 3.05) is 13.1 Å². The Kier molecular flexibility index (Phi) is 3.65. The van der Waals surface area contributed by atoms with E-state index < -0.39 is 0 Å². The van der Waals surface area contributed by atoms with Crippen molar-refractivity contribution >= 4 is 0 Å². The highest BCUT2D eigenvalue weighted by Crippen LogP contribution is 2.39. The van der Waals surface area contributed by atoms with E-state index in [1.807, 2.05) is 6.92 Å². The third kappa shape index (κ3) is 2.90. The largest absolute Gasteiger partial charge is 0.339 e. The maximum atomic E-state index is 5.39. The molecule has 3 heterocycles. The van der Waals surface area contributed by atoms with Crippen LogP contribution in [0.2, 0.25) is 0 Å². The topological polar surface area (TPSA) is 81.1 Å². The van der Waals surface area contributed by atoms with Gasteiger partial charge in [0.25, 0.3) is 0 Å². The normalized spacial score (nSPS) is 23.0. The van der Waals surface area contributed by atoms with Crippen LogP contribution in [0, 0.1) is 0 Å². The van der Waals surface area contributed by atoms with Crippen LogP contribution in [-0.4, -0.2) is 38.3 Å². The predicted molar refractivity (Wildman–Crippen MR) is 77.2 cm³/mol. The summed E-state index contributed by atoms with van der Waals surface area (Å²) in [5, 5.41) is 8.23. The molecule has 0 bridgehead atoms. The third-order valence-electron chi connectivity index (χ3n) is 4.43. The number of likely N-dealkylation sites (tertiary alicyclic amines) is 1. The second kappa shape index (κ2) is 5.79. The van der Waals surface area contributed by atoms with Gasteiger partial charge in [0.15, 0.2) is 11.6 Å². The molecule has 1 atom stereocenters. The van der Waals surface area contributed by atoms with Crippen LogP contribution in [-0.2, 0) is 13.0 Å². The van der Waals surface area contributed by atoms with E-state index in [2.05, 4.69) is 25.2 Å². The summed E-state index contributed by atoms with van der Waals surface area (Å²) in [6.07, 6.45) is 5.41. The molecule has 0 unspecified atom stereocenters. The molecular formula is C15H21N5O2. The predicted octanol–water partition coefficient (Wildman–Crippen LogP) is 2.27. The highest BCUT2D eigenvalue weighted by Gasteiger charge is 2.32. The van der Waals surface area contributed by atoms with Crippen LogP contribution in [0.3, 0.4) is 0 Å². The molecule has 1 aliphatic carbocycles. The number of rotatable bonds is 5. The first-order valence-electron chi connectivity index (χ1n) is 8.19. The molecule has 4 rings (SSSR count). The zero-order chi connectivity index (χ0) is 14.9. The molecule has 7 heteroatoms. The van der Waals surface area contributed by atoms with Crippen LogP contribution >= 0.6 is 0 Å². The monoisotopic (exact) mass is 303 g/mol. The lowest BCUT2D eigenvalue weighted by Crippen LogP contribution is -2.34. The lowest BCUT2D eigenvalue weighted by atomic mass is 9.97. The van der Waals surface area contributed by atoms with Crippen molar-refractivity contribution in [2.45, 2.75) is 57.4 Å². The Morgan fingerprint density at radius 1 is 1.09 bits per heavy atom. The molecule has 118 valence electrons. The van der Waals surface area contributed by atoms with E-state index in [-0.39, 0.29) is 0 Å². The van der Waals surface area contributed by atoms with Crippen LogP contribution in [0.15, 0.2) is 9.05 Å². The van der Waals surface area contributed by atoms with Gasteiger partial charge in [-0.15, -0.1) is 0 Å². The number of piperidine rings is 1. The molecule has 2 fully saturated rings. The van der Waals surface area contributed by atoms with Crippen molar-refractivity contribution < 1.29 is 9.05 Å². The van der Waals surface area contributed by atoms with Crippen molar-refractivity contribution in [3.05, 3.63) is 23.4 Å². The van der Waals surface area contributed by atoms with Gasteiger partial charge in [0, 0.05) is 24.8 Å². The van der Waals surface area contributed by atoms with Gasteiger partial charge < -0.3 is 9.05 Å². The van der Waals surface area contributed by atoms with E-state index in [0.717, 1.165) is 56.4 Å². The molecule has 1 saturated carbocycles. The summed E-state index contributed by atoms with van der Waals surface area (Å²) >= 11 is 0. The molecule has 1 saturated heterocycles. The average Bonchev–Trinajstić information content (AvgIpc) is 3.10. The number of aryl methyl sites for hydroxylation is 1. The van der Waals surface area contributed by atoms with E-state index in [4.69, 9.17) is 9.05 Å². The molecule has 1 aliphatic heterocycles. The molecule has 0 N–H and O–H groups in total. The lowest BCUT2D eigenvalue weighted by Gasteiger charge is -2.30. The summed E-state index contributed by atoms with van der Waals surface area (Å²) in [5.41, 5.74) is 0. The van der Waals surface area contributed by atoms with Crippen molar-refractivity contribution in [2.24, 2.45) is 0 Å². The summed E-state index contributed by atoms with van der Waals surface area (Å²) in [4.78, 5) is 11.3. The first-order chi connectivity index (χ1) is 10.8. The molecule has 2 aromatic rings. The van der Waals surface area contributed by atoms with Crippen molar-refractivity contribution in [3.63, 3.8) is 0 Å². The Morgan fingerprint density at radius 2 is 2.00 bits per heavy atom. The highest BCUT2D eigenvalue weighted by atomic mass is 16.5. The van der Waals surface area contributed by atoms with Crippen molar-refractivity contribution in [3.8, 4) is 0 Å². The summed E-state index contributed by atoms with van der Waals surface area (Å²) in [7, 11) is 0. The van der Waals surface area contributed by atoms with Gasteiger partial charge in [0.1, 0.15) is 0 Å². The van der Waals surface area contributed by atoms with Crippen LogP contribution in [0.5, 0.6) is 0 Å². The van der Waals surface area contributed by atoms with E-state index in [1.165, 1.54) is 12.8 Å². The molecule has 22 heavy (non-hydrogen) atoms. The smallest absolute Gasteiger partial charge is 0.229 e. The zero-order valence-corrected chi connectivity index (χ0v) is 12.9. The Labute approximate surface area is 129 Å². The Morgan fingerprint density at radius 3 is 2.77 bits per heavy atom. The van der Waals surface area contributed by atoms with Gasteiger partial charge in [-0.2, -0.15) is 9.97 Å². The number of aromatic nitrogens is 4. The maximum absolute atomic E-state index is 5.39. The van der Waals surface area contributed by atoms with E-state index >= 15 is 0 Å². The van der Waals surface area contributed by atoms with E-state index in [9.17, 15) is 0 Å². The number of hydrogen-bond donors (Lipinski definition) is 0. The highest BCUT2D eigenvalue weighted by molar-refractivity contribution is 5.05. The Balaban J connectivity index is 1.40. The standard InChI is InChI=1S/C15H21N5O2/c1-2-13-16-12(18-21-13)9-20-7-3-4-11(8-20)14-17-15(22-19-14)10-5-6-10/h10-11H,2-9H2,1H3/t11-/m1/s1. The first-order valence-corrected chi connectivity index (χ1v) is 8.19. The van der Waals surface area contributed by atoms with Gasteiger partial charge in [0.05, 0.1) is 6.54 Å². The van der Waals surface area contributed by atoms with Crippen molar-refractivity contribution in [1.29, 1.82) is 0 Å². The van der Waals surface area contributed by atoms with Crippen molar-refractivity contribution in [1.82, 2.24) is 25.2 Å². The van der Waals surface area contributed by atoms with E-state index in [1.54, 1.807) is 0 Å². The number of nitrogens with zero attached hydrogens (tertiary/aromatic N) is 5. The maximum Gasteiger partial charge on any atom is 0.229 e. The third-order valence-corrected chi connectivity index (χ3v) is 4.43. The molecular weight excluding hydrogens is 282 g/mol. The first kappa shape index (κ1) is 13.9. The van der Waals surface area contributed by atoms with Gasteiger partial charge in [0.2, 0.25) is 11.8 Å². The lowest BCUT2D eigenvalue weighted by molar-refractivity contribution is 0.188. The molecule has 2 aromatic heterocycles. The van der Waals surface area contributed by atoms with Crippen LogP contribution in [0.1, 0.15) is 67.9 Å². The molecule has 0 radical (unpaired) electrons. The fourth-order valence-electron chi connectivity index (χ4n) is 3.02. The van der Waals surface area contributed by atoms with E-state index in [0.29, 0.717) is 17.7 Å². The second-order valence-corrected chi connectivity index (χ2v) is 6.30. The summed E-state index contributed by atoms with van der Waals surface area (Å²) in [6.45, 7) is 4.73. The Hall–Kier alpha value is -1.76. The fraction of sp³-hybridized carbons (Fsp3) is 0.733. The minimum Gasteiger partial charge on any atom is -0.339 e.